The number of aromatic amines is 1. The van der Waals surface area contributed by atoms with Gasteiger partial charge in [0.05, 0.1) is 18.8 Å². The third kappa shape index (κ3) is 10.8. The van der Waals surface area contributed by atoms with Crippen molar-refractivity contribution < 1.29 is 25.2 Å². The van der Waals surface area contributed by atoms with Gasteiger partial charge in [-0.05, 0) is 92.0 Å². The molecule has 40 heavy (non-hydrogen) atoms. The molecule has 8 nitrogen and oxygen atoms in total. The number of nitrogens with zero attached hydrogens (tertiary/aromatic N) is 1. The van der Waals surface area contributed by atoms with E-state index in [2.05, 4.69) is 16.9 Å². The molecule has 0 fully saturated rings. The maximum absolute atomic E-state index is 10.5. The molecule has 7 N–H and O–H groups in total. The first-order chi connectivity index (χ1) is 19.4. The summed E-state index contributed by atoms with van der Waals surface area (Å²) in [5.74, 6) is 0.725. The van der Waals surface area contributed by atoms with Crippen LogP contribution in [-0.4, -0.2) is 55.3 Å². The zero-order valence-corrected chi connectivity index (χ0v) is 23.7. The summed E-state index contributed by atoms with van der Waals surface area (Å²) in [5.41, 5.74) is 8.90. The Balaban J connectivity index is 1.57. The normalized spacial score (nSPS) is 14.5. The van der Waals surface area contributed by atoms with Gasteiger partial charge in [-0.3, -0.25) is 0 Å². The van der Waals surface area contributed by atoms with Crippen molar-refractivity contribution in [1.82, 2.24) is 9.97 Å². The highest BCUT2D eigenvalue weighted by Gasteiger charge is 2.22. The number of aryl methyl sites for hydroxylation is 1. The molecular formula is C32H47N3O5. The number of H-pyrrole nitrogens is 1. The Morgan fingerprint density at radius 1 is 0.975 bits per heavy atom. The van der Waals surface area contributed by atoms with Gasteiger partial charge in [-0.1, -0.05) is 45.1 Å². The molecule has 0 spiro atoms. The number of hydrogen-bond donors (Lipinski definition) is 6. The number of pyridine rings is 1. The van der Waals surface area contributed by atoms with E-state index in [-0.39, 0.29) is 18.3 Å². The summed E-state index contributed by atoms with van der Waals surface area (Å²) in [5, 5.41) is 41.4. The molecule has 3 rings (SSSR count). The lowest BCUT2D eigenvalue weighted by atomic mass is 9.89. The van der Waals surface area contributed by atoms with Crippen molar-refractivity contribution in [3.63, 3.8) is 0 Å². The van der Waals surface area contributed by atoms with Crippen LogP contribution in [0.5, 0.6) is 11.5 Å². The van der Waals surface area contributed by atoms with Gasteiger partial charge in [0.1, 0.15) is 11.9 Å². The van der Waals surface area contributed by atoms with Gasteiger partial charge >= 0.3 is 0 Å². The first kappa shape index (κ1) is 31.5. The lowest BCUT2D eigenvalue weighted by Gasteiger charge is -2.24. The molecule has 4 atom stereocenters. The SMILES string of the molecule is CCCCCCC[C@H](O)C[C@H](O)CCc1ccc(O)c(O[C@H](CO)C[C@H](Cc2ccc[nH]2)c2ccnc(N)c2)c1. The van der Waals surface area contributed by atoms with Crippen LogP contribution in [0.2, 0.25) is 0 Å². The molecule has 0 saturated carbocycles. The molecule has 1 aromatic carbocycles. The summed E-state index contributed by atoms with van der Waals surface area (Å²) >= 11 is 0. The number of phenolic OH excluding ortho intramolecular Hbond substituents is 1. The predicted octanol–water partition coefficient (Wildman–Crippen LogP) is 5.26. The van der Waals surface area contributed by atoms with Crippen molar-refractivity contribution in [3.05, 3.63) is 71.7 Å². The van der Waals surface area contributed by atoms with Crippen LogP contribution in [0, 0.1) is 0 Å². The molecule has 0 unspecified atom stereocenters. The summed E-state index contributed by atoms with van der Waals surface area (Å²) < 4.78 is 6.12. The van der Waals surface area contributed by atoms with Gasteiger partial charge in [-0.2, -0.15) is 0 Å². The van der Waals surface area contributed by atoms with Crippen LogP contribution in [0.4, 0.5) is 5.82 Å². The Kier molecular flexibility index (Phi) is 13.3. The number of aliphatic hydroxyl groups is 3. The lowest BCUT2D eigenvalue weighted by molar-refractivity contribution is 0.0696. The highest BCUT2D eigenvalue weighted by molar-refractivity contribution is 5.42. The first-order valence-corrected chi connectivity index (χ1v) is 14.7. The quantitative estimate of drug-likeness (QED) is 0.111. The monoisotopic (exact) mass is 553 g/mol. The summed E-state index contributed by atoms with van der Waals surface area (Å²) in [6.45, 7) is 1.96. The van der Waals surface area contributed by atoms with E-state index < -0.39 is 18.3 Å². The molecule has 0 amide bonds. The molecule has 0 radical (unpaired) electrons. The van der Waals surface area contributed by atoms with E-state index in [4.69, 9.17) is 10.5 Å². The fourth-order valence-corrected chi connectivity index (χ4v) is 5.15. The zero-order valence-electron chi connectivity index (χ0n) is 23.7. The second-order valence-corrected chi connectivity index (χ2v) is 10.9. The average molecular weight is 554 g/mol. The van der Waals surface area contributed by atoms with Crippen molar-refractivity contribution >= 4 is 5.82 Å². The molecule has 0 saturated heterocycles. The standard InChI is InChI=1S/C32H47N3O5/c1-2-3-4-5-6-9-27(37)21-28(38)12-10-23-11-13-30(39)31(17-23)40-29(22-36)19-25(18-26-8-7-15-34-26)24-14-16-35-32(33)20-24/h7-8,11,13-17,20,25,27-29,34,36-39H,2-6,9-10,12,18-19,21-22H2,1H3,(H2,33,35)/t25-,27-,28+,29-/m0/s1. The second-order valence-electron chi connectivity index (χ2n) is 10.9. The van der Waals surface area contributed by atoms with Crippen LogP contribution in [0.15, 0.2) is 54.9 Å². The van der Waals surface area contributed by atoms with Crippen LogP contribution < -0.4 is 10.5 Å². The molecule has 2 heterocycles. The van der Waals surface area contributed by atoms with E-state index in [0.29, 0.717) is 43.7 Å². The van der Waals surface area contributed by atoms with E-state index in [1.807, 2.05) is 30.5 Å². The number of phenols is 1. The zero-order chi connectivity index (χ0) is 28.7. The number of aromatic nitrogens is 2. The minimum absolute atomic E-state index is 0.000329. The Hall–Kier alpha value is -3.07. The number of nitrogen functional groups attached to an aromatic ring is 1. The molecule has 0 aliphatic rings. The lowest BCUT2D eigenvalue weighted by Crippen LogP contribution is -2.25. The molecule has 220 valence electrons. The van der Waals surface area contributed by atoms with Crippen molar-refractivity contribution in [3.8, 4) is 11.5 Å². The van der Waals surface area contributed by atoms with E-state index in [1.165, 1.54) is 19.3 Å². The number of rotatable bonds is 19. The predicted molar refractivity (Wildman–Crippen MR) is 158 cm³/mol. The molecule has 0 aliphatic heterocycles. The Morgan fingerprint density at radius 3 is 2.50 bits per heavy atom. The topological polar surface area (TPSA) is 145 Å². The second kappa shape index (κ2) is 16.9. The molecule has 8 heteroatoms. The van der Waals surface area contributed by atoms with Gasteiger partial charge < -0.3 is 35.9 Å². The minimum Gasteiger partial charge on any atom is -0.504 e. The van der Waals surface area contributed by atoms with Crippen molar-refractivity contribution in [2.24, 2.45) is 0 Å². The molecule has 0 aliphatic carbocycles. The summed E-state index contributed by atoms with van der Waals surface area (Å²) in [7, 11) is 0. The number of benzene rings is 1. The largest absolute Gasteiger partial charge is 0.504 e. The molecule has 0 bridgehead atoms. The molecule has 3 aromatic rings. The Bertz CT molecular complexity index is 1110. The Labute approximate surface area is 238 Å². The number of aromatic hydroxyl groups is 1. The van der Waals surface area contributed by atoms with Gasteiger partial charge in [0.15, 0.2) is 11.5 Å². The minimum atomic E-state index is -0.601. The number of nitrogens with two attached hydrogens (primary N) is 1. The van der Waals surface area contributed by atoms with Crippen molar-refractivity contribution in [1.29, 1.82) is 0 Å². The number of ether oxygens (including phenoxy) is 1. The first-order valence-electron chi connectivity index (χ1n) is 14.7. The molecular weight excluding hydrogens is 506 g/mol. The van der Waals surface area contributed by atoms with Crippen molar-refractivity contribution in [2.45, 2.75) is 102 Å². The average Bonchev–Trinajstić information content (AvgIpc) is 3.45. The fourth-order valence-electron chi connectivity index (χ4n) is 5.15. The number of unbranched alkanes of at least 4 members (excludes halogenated alkanes) is 4. The number of anilines is 1. The highest BCUT2D eigenvalue weighted by Crippen LogP contribution is 2.32. The van der Waals surface area contributed by atoms with Crippen molar-refractivity contribution in [2.75, 3.05) is 12.3 Å². The van der Waals surface area contributed by atoms with E-state index in [9.17, 15) is 20.4 Å². The highest BCUT2D eigenvalue weighted by atomic mass is 16.5. The number of nitrogens with one attached hydrogen (secondary N) is 1. The van der Waals surface area contributed by atoms with Crippen LogP contribution in [0.25, 0.3) is 0 Å². The molecule has 2 aromatic heterocycles. The Morgan fingerprint density at radius 2 is 1.77 bits per heavy atom. The van der Waals surface area contributed by atoms with E-state index >= 15 is 0 Å². The van der Waals surface area contributed by atoms with Crippen LogP contribution in [0.1, 0.15) is 87.4 Å². The summed E-state index contributed by atoms with van der Waals surface area (Å²) in [6.07, 6.45) is 11.0. The van der Waals surface area contributed by atoms with Crippen LogP contribution in [-0.2, 0) is 12.8 Å². The van der Waals surface area contributed by atoms with E-state index in [0.717, 1.165) is 36.1 Å². The van der Waals surface area contributed by atoms with Gasteiger partial charge in [-0.25, -0.2) is 4.98 Å². The van der Waals surface area contributed by atoms with Gasteiger partial charge in [0, 0.05) is 18.1 Å². The van der Waals surface area contributed by atoms with E-state index in [1.54, 1.807) is 24.4 Å². The third-order valence-corrected chi connectivity index (χ3v) is 7.43. The number of aliphatic hydroxyl groups excluding tert-OH is 3. The number of hydrogen-bond acceptors (Lipinski definition) is 7. The van der Waals surface area contributed by atoms with Crippen LogP contribution >= 0.6 is 0 Å². The van der Waals surface area contributed by atoms with Gasteiger partial charge in [0.2, 0.25) is 0 Å². The third-order valence-electron chi connectivity index (χ3n) is 7.43. The maximum Gasteiger partial charge on any atom is 0.161 e. The van der Waals surface area contributed by atoms with Crippen LogP contribution in [0.3, 0.4) is 0 Å². The summed E-state index contributed by atoms with van der Waals surface area (Å²) in [4.78, 5) is 7.34. The summed E-state index contributed by atoms with van der Waals surface area (Å²) in [6, 6.07) is 12.9. The smallest absolute Gasteiger partial charge is 0.161 e. The van der Waals surface area contributed by atoms with Gasteiger partial charge in [0.25, 0.3) is 0 Å². The fraction of sp³-hybridized carbons (Fsp3) is 0.531. The van der Waals surface area contributed by atoms with Gasteiger partial charge in [-0.15, -0.1) is 0 Å². The maximum atomic E-state index is 10.5.